The van der Waals surface area contributed by atoms with E-state index < -0.39 is 5.41 Å². The number of rotatable bonds is 7. The Morgan fingerprint density at radius 1 is 0.255 bits per heavy atom. The Hall–Kier alpha value is -7.23. The Labute approximate surface area is 321 Å². The van der Waals surface area contributed by atoms with Crippen LogP contribution in [-0.2, 0) is 5.41 Å². The molecule has 0 spiro atoms. The molecular weight excluding hydrogens is 667 g/mol. The van der Waals surface area contributed by atoms with Crippen molar-refractivity contribution in [3.8, 4) is 67.5 Å². The summed E-state index contributed by atoms with van der Waals surface area (Å²) in [4.78, 5) is 15.5. The fraction of sp³-hybridized carbons (Fsp3) is 0.0192. The van der Waals surface area contributed by atoms with Gasteiger partial charge in [-0.1, -0.05) is 194 Å². The van der Waals surface area contributed by atoms with Crippen LogP contribution in [0.25, 0.3) is 67.5 Å². The van der Waals surface area contributed by atoms with E-state index in [9.17, 15) is 0 Å². The molecule has 0 unspecified atom stereocenters. The van der Waals surface area contributed by atoms with E-state index in [-0.39, 0.29) is 0 Å². The van der Waals surface area contributed by atoms with Crippen molar-refractivity contribution in [2.75, 3.05) is 0 Å². The van der Waals surface area contributed by atoms with Gasteiger partial charge in [0.05, 0.1) is 5.41 Å². The highest BCUT2D eigenvalue weighted by Gasteiger charge is 2.46. The second kappa shape index (κ2) is 13.6. The Morgan fingerprint density at radius 3 is 1.11 bits per heavy atom. The molecule has 0 saturated carbocycles. The van der Waals surface area contributed by atoms with E-state index >= 15 is 0 Å². The summed E-state index contributed by atoms with van der Waals surface area (Å²) in [7, 11) is 0. The predicted octanol–water partition coefficient (Wildman–Crippen LogP) is 12.6. The molecule has 1 aromatic heterocycles. The molecule has 0 radical (unpaired) electrons. The molecule has 1 heterocycles. The van der Waals surface area contributed by atoms with Gasteiger partial charge in [0, 0.05) is 16.7 Å². The first kappa shape index (κ1) is 32.4. The van der Waals surface area contributed by atoms with Crippen molar-refractivity contribution in [3.05, 3.63) is 235 Å². The molecular formula is C52H35N3. The maximum atomic E-state index is 5.23. The van der Waals surface area contributed by atoms with E-state index in [1.807, 2.05) is 24.3 Å². The van der Waals surface area contributed by atoms with Crippen molar-refractivity contribution < 1.29 is 0 Å². The van der Waals surface area contributed by atoms with Crippen molar-refractivity contribution in [1.82, 2.24) is 15.0 Å². The van der Waals surface area contributed by atoms with E-state index in [0.717, 1.165) is 27.8 Å². The Bertz CT molecular complexity index is 2740. The summed E-state index contributed by atoms with van der Waals surface area (Å²) in [5, 5.41) is 0. The molecule has 0 aliphatic heterocycles. The van der Waals surface area contributed by atoms with E-state index in [1.54, 1.807) is 0 Å². The molecule has 9 aromatic rings. The van der Waals surface area contributed by atoms with Gasteiger partial charge < -0.3 is 0 Å². The average Bonchev–Trinajstić information content (AvgIpc) is 3.57. The van der Waals surface area contributed by atoms with Crippen LogP contribution in [0, 0.1) is 0 Å². The smallest absolute Gasteiger partial charge is 0.164 e. The first-order valence-electron chi connectivity index (χ1n) is 18.7. The number of aromatic nitrogens is 3. The molecule has 3 nitrogen and oxygen atoms in total. The molecule has 0 saturated heterocycles. The zero-order chi connectivity index (χ0) is 36.6. The van der Waals surface area contributed by atoms with E-state index in [0.29, 0.717) is 17.5 Å². The second-order valence-corrected chi connectivity index (χ2v) is 14.0. The standard InChI is InChI=1S/C52H35N3/c1-6-17-36(18-7-1)39-23-16-24-41(33-39)50-53-49(38-21-10-3-11-22-38)54-51(55-50)42-30-32-46-45-31-29-40(37-19-8-2-9-20-37)34-47(45)52(48(46)35-42,43-25-12-4-13-26-43)44-27-14-5-15-28-44/h1-35H. The quantitative estimate of drug-likeness (QED) is 0.166. The molecule has 55 heavy (non-hydrogen) atoms. The Balaban J connectivity index is 1.21. The Kier molecular flexibility index (Phi) is 8.04. The van der Waals surface area contributed by atoms with Gasteiger partial charge >= 0.3 is 0 Å². The van der Waals surface area contributed by atoms with Crippen LogP contribution >= 0.6 is 0 Å². The van der Waals surface area contributed by atoms with Crippen LogP contribution in [0.15, 0.2) is 212 Å². The highest BCUT2D eigenvalue weighted by atomic mass is 15.0. The van der Waals surface area contributed by atoms with Gasteiger partial charge in [0.2, 0.25) is 0 Å². The second-order valence-electron chi connectivity index (χ2n) is 14.0. The van der Waals surface area contributed by atoms with Gasteiger partial charge in [0.25, 0.3) is 0 Å². The topological polar surface area (TPSA) is 38.7 Å². The third-order valence-corrected chi connectivity index (χ3v) is 10.8. The largest absolute Gasteiger partial charge is 0.208 e. The van der Waals surface area contributed by atoms with Crippen LogP contribution in [0.3, 0.4) is 0 Å². The minimum absolute atomic E-state index is 0.587. The van der Waals surface area contributed by atoms with Gasteiger partial charge in [-0.15, -0.1) is 0 Å². The summed E-state index contributed by atoms with van der Waals surface area (Å²) >= 11 is 0. The van der Waals surface area contributed by atoms with Crippen LogP contribution in [0.5, 0.6) is 0 Å². The SMILES string of the molecule is c1ccc(-c2cccc(-c3nc(-c4ccccc4)nc(-c4ccc5c(c4)C(c4ccccc4)(c4ccccc4)c4cc(-c6ccccc6)ccc4-5)n3)c2)cc1. The summed E-state index contributed by atoms with van der Waals surface area (Å²) in [6.07, 6.45) is 0. The van der Waals surface area contributed by atoms with Crippen LogP contribution in [0.2, 0.25) is 0 Å². The number of hydrogen-bond donors (Lipinski definition) is 0. The number of nitrogens with zero attached hydrogens (tertiary/aromatic N) is 3. The lowest BCUT2D eigenvalue weighted by atomic mass is 9.67. The molecule has 1 aliphatic rings. The minimum atomic E-state index is -0.587. The molecule has 1 aliphatic carbocycles. The zero-order valence-electron chi connectivity index (χ0n) is 30.0. The predicted molar refractivity (Wildman–Crippen MR) is 224 cm³/mol. The van der Waals surface area contributed by atoms with Gasteiger partial charge in [-0.25, -0.2) is 15.0 Å². The van der Waals surface area contributed by atoms with Gasteiger partial charge in [-0.3, -0.25) is 0 Å². The first-order chi connectivity index (χ1) is 27.3. The third-order valence-electron chi connectivity index (χ3n) is 10.8. The lowest BCUT2D eigenvalue weighted by Gasteiger charge is -2.34. The maximum absolute atomic E-state index is 5.23. The summed E-state index contributed by atoms with van der Waals surface area (Å²) < 4.78 is 0. The molecule has 258 valence electrons. The molecule has 10 rings (SSSR count). The van der Waals surface area contributed by atoms with Gasteiger partial charge in [0.1, 0.15) is 0 Å². The number of benzene rings is 8. The first-order valence-corrected chi connectivity index (χ1v) is 18.7. The molecule has 0 fully saturated rings. The highest BCUT2D eigenvalue weighted by molar-refractivity contribution is 5.90. The van der Waals surface area contributed by atoms with Crippen LogP contribution in [0.4, 0.5) is 0 Å². The normalized spacial score (nSPS) is 12.5. The minimum Gasteiger partial charge on any atom is -0.208 e. The van der Waals surface area contributed by atoms with Crippen molar-refractivity contribution in [2.45, 2.75) is 5.41 Å². The monoisotopic (exact) mass is 701 g/mol. The highest BCUT2D eigenvalue weighted by Crippen LogP contribution is 2.57. The summed E-state index contributed by atoms with van der Waals surface area (Å²) in [5.41, 5.74) is 14.2. The van der Waals surface area contributed by atoms with Crippen molar-refractivity contribution in [3.63, 3.8) is 0 Å². The third kappa shape index (κ3) is 5.65. The molecule has 0 amide bonds. The molecule has 0 bridgehead atoms. The summed E-state index contributed by atoms with van der Waals surface area (Å²) in [6.45, 7) is 0. The fourth-order valence-electron chi connectivity index (χ4n) is 8.26. The van der Waals surface area contributed by atoms with Crippen molar-refractivity contribution >= 4 is 0 Å². The van der Waals surface area contributed by atoms with E-state index in [2.05, 4.69) is 188 Å². The molecule has 0 atom stereocenters. The van der Waals surface area contributed by atoms with Crippen LogP contribution in [-0.4, -0.2) is 15.0 Å². The lowest BCUT2D eigenvalue weighted by molar-refractivity contribution is 0.769. The van der Waals surface area contributed by atoms with Crippen molar-refractivity contribution in [1.29, 1.82) is 0 Å². The zero-order valence-corrected chi connectivity index (χ0v) is 30.0. The van der Waals surface area contributed by atoms with E-state index in [1.165, 1.54) is 44.5 Å². The van der Waals surface area contributed by atoms with Gasteiger partial charge in [0.15, 0.2) is 17.5 Å². The van der Waals surface area contributed by atoms with Crippen molar-refractivity contribution in [2.24, 2.45) is 0 Å². The van der Waals surface area contributed by atoms with Gasteiger partial charge in [-0.05, 0) is 73.8 Å². The summed E-state index contributed by atoms with van der Waals surface area (Å²) in [6, 6.07) is 75.3. The molecule has 3 heteroatoms. The number of fused-ring (bicyclic) bond motifs is 3. The molecule has 8 aromatic carbocycles. The lowest BCUT2D eigenvalue weighted by Crippen LogP contribution is -2.28. The van der Waals surface area contributed by atoms with Crippen LogP contribution in [0.1, 0.15) is 22.3 Å². The number of hydrogen-bond acceptors (Lipinski definition) is 3. The fourth-order valence-corrected chi connectivity index (χ4v) is 8.26. The van der Waals surface area contributed by atoms with Crippen LogP contribution < -0.4 is 0 Å². The van der Waals surface area contributed by atoms with E-state index in [4.69, 9.17) is 15.0 Å². The summed E-state index contributed by atoms with van der Waals surface area (Å²) in [5.74, 6) is 1.91. The Morgan fingerprint density at radius 2 is 0.600 bits per heavy atom. The average molecular weight is 702 g/mol. The molecule has 0 N–H and O–H groups in total. The maximum Gasteiger partial charge on any atom is 0.164 e. The van der Waals surface area contributed by atoms with Gasteiger partial charge in [-0.2, -0.15) is 0 Å².